The van der Waals surface area contributed by atoms with Crippen molar-refractivity contribution in [2.75, 3.05) is 5.32 Å². The van der Waals surface area contributed by atoms with Crippen LogP contribution in [0.3, 0.4) is 0 Å². The van der Waals surface area contributed by atoms with Crippen molar-refractivity contribution in [2.45, 2.75) is 20.3 Å². The zero-order valence-corrected chi connectivity index (χ0v) is 6.64. The van der Waals surface area contributed by atoms with E-state index in [9.17, 15) is 4.79 Å². The molecule has 11 heavy (non-hydrogen) atoms. The standard InChI is InChI=1S/C7H11N3O/c1-3-6-4-7(10-9-6)8-5(2)11/h4H,3H2,1-2H3,(H2,8,9,10,11). The van der Waals surface area contributed by atoms with Gasteiger partial charge < -0.3 is 5.32 Å². The third-order valence-electron chi connectivity index (χ3n) is 1.30. The summed E-state index contributed by atoms with van der Waals surface area (Å²) in [5.74, 6) is 0.575. The van der Waals surface area contributed by atoms with Gasteiger partial charge >= 0.3 is 0 Å². The molecule has 4 nitrogen and oxygen atoms in total. The van der Waals surface area contributed by atoms with Crippen LogP contribution in [0, 0.1) is 0 Å². The van der Waals surface area contributed by atoms with Crippen LogP contribution in [0.15, 0.2) is 6.07 Å². The van der Waals surface area contributed by atoms with E-state index in [1.54, 1.807) is 0 Å². The summed E-state index contributed by atoms with van der Waals surface area (Å²) in [6, 6.07) is 1.82. The van der Waals surface area contributed by atoms with E-state index in [1.807, 2.05) is 13.0 Å². The van der Waals surface area contributed by atoms with E-state index in [2.05, 4.69) is 15.5 Å². The Hall–Kier alpha value is -1.32. The summed E-state index contributed by atoms with van der Waals surface area (Å²) in [6.07, 6.45) is 0.871. The largest absolute Gasteiger partial charge is 0.311 e. The van der Waals surface area contributed by atoms with E-state index in [1.165, 1.54) is 6.92 Å². The van der Waals surface area contributed by atoms with Crippen molar-refractivity contribution in [3.05, 3.63) is 11.8 Å². The highest BCUT2D eigenvalue weighted by Crippen LogP contribution is 2.04. The summed E-state index contributed by atoms with van der Waals surface area (Å²) in [7, 11) is 0. The lowest BCUT2D eigenvalue weighted by atomic mass is 10.3. The van der Waals surface area contributed by atoms with Crippen LogP contribution in [-0.4, -0.2) is 16.1 Å². The minimum Gasteiger partial charge on any atom is -0.311 e. The van der Waals surface area contributed by atoms with E-state index in [0.717, 1.165) is 12.1 Å². The maximum atomic E-state index is 10.6. The predicted molar refractivity (Wildman–Crippen MR) is 42.3 cm³/mol. The number of nitrogens with zero attached hydrogens (tertiary/aromatic N) is 1. The fourth-order valence-corrected chi connectivity index (χ4v) is 0.798. The molecule has 0 atom stereocenters. The average Bonchev–Trinajstić information content (AvgIpc) is 2.34. The Balaban J connectivity index is 2.65. The Kier molecular flexibility index (Phi) is 2.25. The smallest absolute Gasteiger partial charge is 0.222 e. The number of hydrogen-bond acceptors (Lipinski definition) is 2. The number of amides is 1. The second-order valence-corrected chi connectivity index (χ2v) is 2.31. The normalized spacial score (nSPS) is 9.64. The van der Waals surface area contributed by atoms with E-state index >= 15 is 0 Å². The molecule has 0 bridgehead atoms. The van der Waals surface area contributed by atoms with Gasteiger partial charge in [-0.15, -0.1) is 0 Å². The zero-order chi connectivity index (χ0) is 8.27. The van der Waals surface area contributed by atoms with Crippen LogP contribution in [0.5, 0.6) is 0 Å². The number of aromatic amines is 1. The molecule has 1 aromatic rings. The van der Waals surface area contributed by atoms with Gasteiger partial charge in [-0.3, -0.25) is 9.89 Å². The molecule has 0 radical (unpaired) electrons. The molecule has 0 unspecified atom stereocenters. The van der Waals surface area contributed by atoms with E-state index < -0.39 is 0 Å². The lowest BCUT2D eigenvalue weighted by Gasteiger charge is -1.92. The van der Waals surface area contributed by atoms with Gasteiger partial charge in [-0.25, -0.2) is 0 Å². The first kappa shape index (κ1) is 7.78. The lowest BCUT2D eigenvalue weighted by molar-refractivity contribution is -0.114. The van der Waals surface area contributed by atoms with Crippen LogP contribution in [0.2, 0.25) is 0 Å². The topological polar surface area (TPSA) is 57.8 Å². The minimum atomic E-state index is -0.0868. The fourth-order valence-electron chi connectivity index (χ4n) is 0.798. The molecule has 0 saturated carbocycles. The van der Waals surface area contributed by atoms with E-state index in [4.69, 9.17) is 0 Å². The number of H-pyrrole nitrogens is 1. The number of carbonyl (C=O) groups excluding carboxylic acids is 1. The summed E-state index contributed by atoms with van der Waals surface area (Å²) in [4.78, 5) is 10.6. The number of rotatable bonds is 2. The van der Waals surface area contributed by atoms with Gasteiger partial charge in [-0.2, -0.15) is 5.10 Å². The van der Waals surface area contributed by atoms with Crippen molar-refractivity contribution in [1.29, 1.82) is 0 Å². The van der Waals surface area contributed by atoms with Crippen LogP contribution in [-0.2, 0) is 11.2 Å². The SMILES string of the molecule is CCc1cc(NC(C)=O)[nH]n1. The summed E-state index contributed by atoms with van der Waals surface area (Å²) < 4.78 is 0. The van der Waals surface area contributed by atoms with Crippen LogP contribution in [0.4, 0.5) is 5.82 Å². The molecular formula is C7H11N3O. The maximum absolute atomic E-state index is 10.6. The Morgan fingerprint density at radius 2 is 2.55 bits per heavy atom. The van der Waals surface area contributed by atoms with Crippen molar-refractivity contribution >= 4 is 11.7 Å². The van der Waals surface area contributed by atoms with E-state index in [-0.39, 0.29) is 5.91 Å². The highest BCUT2D eigenvalue weighted by atomic mass is 16.1. The van der Waals surface area contributed by atoms with Gasteiger partial charge in [0.25, 0.3) is 0 Å². The maximum Gasteiger partial charge on any atom is 0.222 e. The number of carbonyl (C=O) groups is 1. The van der Waals surface area contributed by atoms with Crippen LogP contribution >= 0.6 is 0 Å². The highest BCUT2D eigenvalue weighted by molar-refractivity contribution is 5.87. The van der Waals surface area contributed by atoms with Crippen LogP contribution < -0.4 is 5.32 Å². The molecular weight excluding hydrogens is 142 g/mol. The molecule has 1 rings (SSSR count). The zero-order valence-electron chi connectivity index (χ0n) is 6.64. The molecule has 1 aromatic heterocycles. The number of hydrogen-bond donors (Lipinski definition) is 2. The monoisotopic (exact) mass is 153 g/mol. The molecule has 1 heterocycles. The summed E-state index contributed by atoms with van der Waals surface area (Å²) in [5, 5.41) is 9.26. The molecule has 1 amide bonds. The Bertz CT molecular complexity index is 254. The molecule has 0 fully saturated rings. The Morgan fingerprint density at radius 1 is 1.82 bits per heavy atom. The number of aromatic nitrogens is 2. The molecule has 2 N–H and O–H groups in total. The molecule has 0 aliphatic rings. The number of nitrogens with one attached hydrogen (secondary N) is 2. The molecule has 4 heteroatoms. The second kappa shape index (κ2) is 3.18. The molecule has 0 spiro atoms. The number of aryl methyl sites for hydroxylation is 1. The summed E-state index contributed by atoms with van der Waals surface area (Å²) in [5.41, 5.74) is 0.953. The Labute approximate surface area is 65.0 Å². The van der Waals surface area contributed by atoms with Crippen molar-refractivity contribution in [3.8, 4) is 0 Å². The van der Waals surface area contributed by atoms with Gasteiger partial charge in [0, 0.05) is 13.0 Å². The van der Waals surface area contributed by atoms with Crippen molar-refractivity contribution < 1.29 is 4.79 Å². The molecule has 0 aliphatic carbocycles. The Morgan fingerprint density at radius 3 is 3.00 bits per heavy atom. The van der Waals surface area contributed by atoms with Gasteiger partial charge in [0.15, 0.2) is 0 Å². The first-order chi connectivity index (χ1) is 5.22. The second-order valence-electron chi connectivity index (χ2n) is 2.31. The van der Waals surface area contributed by atoms with Crippen molar-refractivity contribution in [2.24, 2.45) is 0 Å². The highest BCUT2D eigenvalue weighted by Gasteiger charge is 1.98. The van der Waals surface area contributed by atoms with Gasteiger partial charge in [-0.1, -0.05) is 6.92 Å². The third-order valence-corrected chi connectivity index (χ3v) is 1.30. The van der Waals surface area contributed by atoms with Crippen molar-refractivity contribution in [1.82, 2.24) is 10.2 Å². The first-order valence-electron chi connectivity index (χ1n) is 3.54. The van der Waals surface area contributed by atoms with Gasteiger partial charge in [0.2, 0.25) is 5.91 Å². The van der Waals surface area contributed by atoms with Gasteiger partial charge in [-0.05, 0) is 6.42 Å². The summed E-state index contributed by atoms with van der Waals surface area (Å²) >= 11 is 0. The predicted octanol–water partition coefficient (Wildman–Crippen LogP) is 0.930. The first-order valence-corrected chi connectivity index (χ1v) is 3.54. The van der Waals surface area contributed by atoms with Gasteiger partial charge in [0.05, 0.1) is 5.69 Å². The molecule has 0 aliphatic heterocycles. The van der Waals surface area contributed by atoms with Crippen LogP contribution in [0.1, 0.15) is 19.5 Å². The average molecular weight is 153 g/mol. The van der Waals surface area contributed by atoms with E-state index in [0.29, 0.717) is 5.82 Å². The minimum absolute atomic E-state index is 0.0868. The quantitative estimate of drug-likeness (QED) is 0.664. The van der Waals surface area contributed by atoms with Crippen LogP contribution in [0.25, 0.3) is 0 Å². The number of anilines is 1. The fraction of sp³-hybridized carbons (Fsp3) is 0.429. The molecule has 60 valence electrons. The molecule has 0 saturated heterocycles. The van der Waals surface area contributed by atoms with Crippen molar-refractivity contribution in [3.63, 3.8) is 0 Å². The molecule has 0 aromatic carbocycles. The lowest BCUT2D eigenvalue weighted by Crippen LogP contribution is -2.05. The third kappa shape index (κ3) is 2.07. The summed E-state index contributed by atoms with van der Waals surface area (Å²) in [6.45, 7) is 3.47. The van der Waals surface area contributed by atoms with Gasteiger partial charge in [0.1, 0.15) is 5.82 Å².